The van der Waals surface area contributed by atoms with Crippen LogP contribution >= 0.6 is 136 Å². The molecular weight excluding hydrogens is 2160 g/mol. The van der Waals surface area contributed by atoms with Crippen LogP contribution in [0.1, 0.15) is 200 Å². The molecule has 0 aromatic heterocycles. The highest BCUT2D eigenvalue weighted by atomic mass is 127. The SMILES string of the molecule is CO[C@H]1C[C@@H]2CC[C@@H](C)[C@@](O)(O2)C(=O)C(=O)N2CCCC[C@H]2C(=O)O[C@H]([C@H](C)C[C@@H]2CC[C@@H](OC(=O)CCC(CCOC(=O)c3c(I)c(NC(C)=O)c(I)c(NC(C)O)c3I)CCOC(=O)c3c(I)c(NC(C)=O)c(I)c(NC(C)O)c3I)[C@H](OC)C2)CC(=O)[C@H](C)/C=C(\C)[C@@H](O)[C@@H](OC)C(=O)[C@H](C)C[C@H](C)/C=C/C=C/C=C/1C. The summed E-state index contributed by atoms with van der Waals surface area (Å²) in [5.41, 5.74) is 2.91. The van der Waals surface area contributed by atoms with Crippen molar-refractivity contribution in [2.75, 3.05) is 62.4 Å². The number of hydrogen-bond donors (Lipinski definition) is 8. The monoisotopic (exact) mass is 2270 g/mol. The van der Waals surface area contributed by atoms with Crippen LogP contribution in [0.3, 0.4) is 0 Å². The maximum atomic E-state index is 14.9. The van der Waals surface area contributed by atoms with Gasteiger partial charge in [-0.3, -0.25) is 33.6 Å². The van der Waals surface area contributed by atoms with E-state index in [4.69, 9.17) is 37.9 Å². The molecule has 2 saturated heterocycles. The minimum Gasteiger partial charge on any atom is -0.462 e. The third kappa shape index (κ3) is 27.4. The lowest BCUT2D eigenvalue weighted by atomic mass is 9.78. The smallest absolute Gasteiger partial charge is 0.340 e. The van der Waals surface area contributed by atoms with Gasteiger partial charge in [0.25, 0.3) is 11.7 Å². The van der Waals surface area contributed by atoms with E-state index < -0.39 is 144 Å². The number of piperidine rings is 1. The van der Waals surface area contributed by atoms with Crippen molar-refractivity contribution in [3.05, 3.63) is 80.2 Å². The largest absolute Gasteiger partial charge is 0.462 e. The van der Waals surface area contributed by atoms with E-state index in [2.05, 4.69) is 21.3 Å². The maximum Gasteiger partial charge on any atom is 0.340 e. The summed E-state index contributed by atoms with van der Waals surface area (Å²) < 4.78 is 51.2. The van der Waals surface area contributed by atoms with Gasteiger partial charge in [0.05, 0.1) is 86.8 Å². The number of nitrogens with one attached hydrogen (secondary N) is 4. The quantitative estimate of drug-likeness (QED) is 0.0121. The van der Waals surface area contributed by atoms with Crippen LogP contribution < -0.4 is 21.3 Å². The minimum absolute atomic E-state index is 0.00175. The van der Waals surface area contributed by atoms with E-state index in [1.807, 2.05) is 187 Å². The number of amides is 3. The maximum absolute atomic E-state index is 14.9. The van der Waals surface area contributed by atoms with E-state index >= 15 is 0 Å². The lowest BCUT2D eigenvalue weighted by Gasteiger charge is -2.42. The van der Waals surface area contributed by atoms with Crippen LogP contribution in [0, 0.1) is 62.8 Å². The summed E-state index contributed by atoms with van der Waals surface area (Å²) in [5, 5.41) is 56.1. The van der Waals surface area contributed by atoms with Crippen molar-refractivity contribution >= 4 is 217 Å². The van der Waals surface area contributed by atoms with Gasteiger partial charge in [0.15, 0.2) is 5.78 Å². The predicted molar refractivity (Wildman–Crippen MR) is 480 cm³/mol. The highest BCUT2D eigenvalue weighted by Crippen LogP contribution is 2.44. The molecule has 3 amide bonds. The number of halogens is 6. The number of methoxy groups -OCH3 is 3. The first kappa shape index (κ1) is 99.2. The Morgan fingerprint density at radius 2 is 1.24 bits per heavy atom. The zero-order valence-corrected chi connectivity index (χ0v) is 80.0. The second-order valence-electron chi connectivity index (χ2n) is 30.4. The molecule has 4 aliphatic rings. The molecule has 114 heavy (non-hydrogen) atoms. The Morgan fingerprint density at radius 3 is 1.77 bits per heavy atom. The molecule has 2 aromatic rings. The van der Waals surface area contributed by atoms with Gasteiger partial charge >= 0.3 is 23.9 Å². The van der Waals surface area contributed by atoms with Crippen molar-refractivity contribution in [1.29, 1.82) is 0 Å². The number of ether oxygens (including phenoxy) is 8. The zero-order chi connectivity index (χ0) is 84.9. The number of aliphatic hydroxyl groups excluding tert-OH is 3. The van der Waals surface area contributed by atoms with Gasteiger partial charge in [0.1, 0.15) is 48.7 Å². The summed E-state index contributed by atoms with van der Waals surface area (Å²) in [7, 11) is 4.42. The molecule has 6 rings (SSSR count). The first-order valence-electron chi connectivity index (χ1n) is 38.6. The van der Waals surface area contributed by atoms with Gasteiger partial charge in [-0.05, 0) is 282 Å². The Labute approximate surface area is 750 Å². The van der Waals surface area contributed by atoms with Gasteiger partial charge in [-0.2, -0.15) is 0 Å². The highest BCUT2D eigenvalue weighted by molar-refractivity contribution is 14.1. The van der Waals surface area contributed by atoms with E-state index in [0.717, 1.165) is 10.5 Å². The number of allylic oxidation sites excluding steroid dienone is 6. The second kappa shape index (κ2) is 47.0. The molecule has 27 nitrogen and oxygen atoms in total. The Hall–Kier alpha value is -3.64. The molecule has 3 heterocycles. The molecule has 1 saturated carbocycles. The molecule has 0 spiro atoms. The van der Waals surface area contributed by atoms with Crippen molar-refractivity contribution in [3.8, 4) is 0 Å². The summed E-state index contributed by atoms with van der Waals surface area (Å²) >= 11 is 12.0. The standard InChI is InChI=1S/C81H111I6N5O22/c1-40-20-16-15-17-21-41(2)57(107-12)38-53-26-23-46(7)81(106,114-53)76(101)77(102)92-31-19-18-22-54(92)78(103)113-58(39-55(97)42(3)35-45(6)74(100)75(109-14)73(99)44(5)34-40)43(4)36-52-24-27-56(59(37-52)108-13)112-60(98)28-25-51(29-32-110-79(104)61-63(82)69(88-47(8)93)67(86)70(64(61)83)89-48(9)94)30-33-111-80(105)62-65(84)71(90-49(10)95)68(87)72(66(62)85)91-50(11)96/h15-17,20-21,35,40,42-44,46-47,49,51-54,56-59,74-75,88,90,93,95,100,106H,18-19,22-34,36-39H2,1-14H3,(H,89,94)(H,91,96)/b17-15+,20-16+,41-21+,45-35+/t40-,42-,43-,44-,46-,47?,49?,51?,52+,53+,54+,56-,57+,58+,59-,74-,75+,81-/m1/s1. The van der Waals surface area contributed by atoms with E-state index in [1.165, 1.54) is 41.9 Å². The van der Waals surface area contributed by atoms with Crippen molar-refractivity contribution in [2.24, 2.45) is 41.4 Å². The number of aliphatic hydroxyl groups is 4. The number of cyclic esters (lactones) is 1. The summed E-state index contributed by atoms with van der Waals surface area (Å²) in [6.07, 6.45) is 7.07. The fourth-order valence-electron chi connectivity index (χ4n) is 14.9. The third-order valence-electron chi connectivity index (χ3n) is 21.4. The summed E-state index contributed by atoms with van der Waals surface area (Å²) in [5.74, 6) is -12.5. The number of carbonyl (C=O) groups is 10. The van der Waals surface area contributed by atoms with E-state index in [0.29, 0.717) is 108 Å². The van der Waals surface area contributed by atoms with Crippen LogP contribution in [0.5, 0.6) is 0 Å². The molecule has 8 N–H and O–H groups in total. The normalized spacial score (nSPS) is 28.6. The molecule has 2 bridgehead atoms. The third-order valence-corrected chi connectivity index (χ3v) is 27.8. The molecule has 3 aliphatic heterocycles. The topological polar surface area (TPSA) is 377 Å². The lowest BCUT2D eigenvalue weighted by molar-refractivity contribution is -0.265. The Kier molecular flexibility index (Phi) is 40.9. The molecule has 0 radical (unpaired) electrons. The lowest BCUT2D eigenvalue weighted by Crippen LogP contribution is -2.61. The summed E-state index contributed by atoms with van der Waals surface area (Å²) in [6.45, 7) is 17.8. The number of ketones is 3. The van der Waals surface area contributed by atoms with Gasteiger partial charge in [0.2, 0.25) is 17.6 Å². The first-order chi connectivity index (χ1) is 53.7. The molecule has 2 unspecified atom stereocenters. The van der Waals surface area contributed by atoms with Gasteiger partial charge in [0, 0.05) is 78.7 Å². The van der Waals surface area contributed by atoms with Gasteiger partial charge < -0.3 is 84.5 Å². The number of fused-ring (bicyclic) bond motifs is 3. The number of rotatable bonds is 24. The molecule has 33 heteroatoms. The molecule has 634 valence electrons. The van der Waals surface area contributed by atoms with Gasteiger partial charge in [-0.15, -0.1) is 0 Å². The number of anilines is 4. The Bertz CT molecular complexity index is 3800. The molecule has 1 aliphatic carbocycles. The van der Waals surface area contributed by atoms with Crippen LogP contribution in [0.25, 0.3) is 0 Å². The van der Waals surface area contributed by atoms with Crippen molar-refractivity contribution in [1.82, 2.24) is 4.90 Å². The summed E-state index contributed by atoms with van der Waals surface area (Å²) in [6, 6.07) is -1.27. The zero-order valence-electron chi connectivity index (χ0n) is 67.1. The van der Waals surface area contributed by atoms with Crippen LogP contribution in [0.4, 0.5) is 22.7 Å². The van der Waals surface area contributed by atoms with Crippen molar-refractivity contribution < 1.29 is 106 Å². The van der Waals surface area contributed by atoms with E-state index in [-0.39, 0.29) is 99.2 Å². The Balaban J connectivity index is 1.24. The van der Waals surface area contributed by atoms with Crippen LogP contribution in [0.15, 0.2) is 47.6 Å². The van der Waals surface area contributed by atoms with Gasteiger partial charge in [-0.1, -0.05) is 71.1 Å². The fourth-order valence-corrected chi connectivity index (χ4v) is 23.3. The van der Waals surface area contributed by atoms with Crippen LogP contribution in [-0.2, 0) is 76.3 Å². The average Bonchev–Trinajstić information content (AvgIpc) is 0.782. The number of Topliss-reactive ketones (excluding diaryl/α,β-unsaturated/α-hetero) is 3. The first-order valence-corrected chi connectivity index (χ1v) is 45.0. The average molecular weight is 2270 g/mol. The molecular formula is C81H111I6N5O22. The molecule has 2 aromatic carbocycles. The summed E-state index contributed by atoms with van der Waals surface area (Å²) in [4.78, 5) is 141. The van der Waals surface area contributed by atoms with Gasteiger partial charge in [-0.25, -0.2) is 14.4 Å². The number of nitrogens with zero attached hydrogens (tertiary/aromatic N) is 1. The number of hydrogen-bond acceptors (Lipinski definition) is 24. The second-order valence-corrected chi connectivity index (χ2v) is 36.9. The number of benzene rings is 2. The van der Waals surface area contributed by atoms with Crippen LogP contribution in [0.2, 0.25) is 0 Å². The van der Waals surface area contributed by atoms with E-state index in [9.17, 15) is 68.4 Å². The number of carbonyl (C=O) groups excluding carboxylic acids is 10. The van der Waals surface area contributed by atoms with Crippen molar-refractivity contribution in [3.63, 3.8) is 0 Å². The molecule has 17 atom stereocenters. The number of esters is 4. The Morgan fingerprint density at radius 1 is 0.667 bits per heavy atom. The van der Waals surface area contributed by atoms with Crippen LogP contribution in [-0.4, -0.2) is 192 Å². The van der Waals surface area contributed by atoms with Crippen molar-refractivity contribution in [2.45, 2.75) is 246 Å². The minimum atomic E-state index is -2.53. The van der Waals surface area contributed by atoms with E-state index in [1.54, 1.807) is 40.9 Å². The predicted octanol–water partition coefficient (Wildman–Crippen LogP) is 13.7. The molecule has 3 fully saturated rings. The highest BCUT2D eigenvalue weighted by Gasteiger charge is 2.53. The fraction of sp³-hybridized carbons (Fsp3) is 0.630.